The molecule has 0 spiro atoms. The quantitative estimate of drug-likeness (QED) is 0.663. The summed E-state index contributed by atoms with van der Waals surface area (Å²) in [7, 11) is -1.47. The molecule has 1 amide bonds. The molecule has 165 valence electrons. The number of nitrogens with zero attached hydrogens (tertiary/aromatic N) is 2. The normalized spacial score (nSPS) is 24.5. The Morgan fingerprint density at radius 3 is 2.27 bits per heavy atom. The molecule has 30 heavy (non-hydrogen) atoms. The summed E-state index contributed by atoms with van der Waals surface area (Å²) in [6.45, 7) is 19.0. The molecular formula is C21H34BN2O5Si. The minimum absolute atomic E-state index is 0.137. The number of anilines is 1. The number of carbonyl (C=O) groups is 1. The third kappa shape index (κ3) is 4.59. The fourth-order valence-electron chi connectivity index (χ4n) is 3.58. The largest absolute Gasteiger partial charge is 0.514 e. The van der Waals surface area contributed by atoms with Crippen molar-refractivity contribution in [3.8, 4) is 0 Å². The van der Waals surface area contributed by atoms with Gasteiger partial charge in [-0.2, -0.15) is 0 Å². The molecule has 0 aromatic carbocycles. The molecular weight excluding hydrogens is 399 g/mol. The van der Waals surface area contributed by atoms with Crippen molar-refractivity contribution in [1.82, 2.24) is 4.98 Å². The van der Waals surface area contributed by atoms with Gasteiger partial charge < -0.3 is 18.5 Å². The molecule has 2 atom stereocenters. The van der Waals surface area contributed by atoms with Crippen LogP contribution in [0.1, 0.15) is 48.5 Å². The molecule has 2 fully saturated rings. The zero-order valence-electron chi connectivity index (χ0n) is 19.6. The second-order valence-electron chi connectivity index (χ2n) is 10.4. The number of pyridine rings is 1. The minimum atomic E-state index is -0.935. The summed E-state index contributed by atoms with van der Waals surface area (Å²) in [5, 5.41) is 0. The summed E-state index contributed by atoms with van der Waals surface area (Å²) in [6, 6.07) is 3.70. The third-order valence-electron chi connectivity index (χ3n) is 5.97. The number of cyclic esters (lactones) is 1. The van der Waals surface area contributed by atoms with Crippen LogP contribution in [0.3, 0.4) is 0 Å². The average Bonchev–Trinajstić information content (AvgIpc) is 3.08. The second-order valence-corrected chi connectivity index (χ2v) is 12.4. The molecule has 0 aliphatic carbocycles. The van der Waals surface area contributed by atoms with Crippen molar-refractivity contribution < 1.29 is 23.3 Å². The minimum Gasteiger partial charge on any atom is -0.441 e. The molecule has 2 aliphatic heterocycles. The Labute approximate surface area is 182 Å². The SMILES string of the molecule is C[Si](C)OC([C@H]1CN(c2ccc(B3OC(C)(C)C(C)(C)O3)nc2)C(=O)O1)C(C)(C)C. The Hall–Kier alpha value is -1.42. The molecule has 0 N–H and O–H groups in total. The van der Waals surface area contributed by atoms with Crippen molar-refractivity contribution in [2.45, 2.75) is 85.0 Å². The van der Waals surface area contributed by atoms with Gasteiger partial charge in [-0.05, 0) is 58.3 Å². The molecule has 3 rings (SSSR count). The smallest absolute Gasteiger partial charge is 0.441 e. The first-order chi connectivity index (χ1) is 13.7. The number of ether oxygens (including phenoxy) is 1. The van der Waals surface area contributed by atoms with Gasteiger partial charge in [0.2, 0.25) is 9.04 Å². The number of aromatic nitrogens is 1. The molecule has 0 bridgehead atoms. The molecule has 1 unspecified atom stereocenters. The molecule has 1 aromatic rings. The van der Waals surface area contributed by atoms with Crippen molar-refractivity contribution in [2.75, 3.05) is 11.4 Å². The molecule has 1 radical (unpaired) electrons. The van der Waals surface area contributed by atoms with Crippen molar-refractivity contribution in [3.05, 3.63) is 18.3 Å². The molecule has 1 aromatic heterocycles. The summed E-state index contributed by atoms with van der Waals surface area (Å²) < 4.78 is 24.0. The first-order valence-corrected chi connectivity index (χ1v) is 12.9. The van der Waals surface area contributed by atoms with Crippen LogP contribution in [0.15, 0.2) is 18.3 Å². The van der Waals surface area contributed by atoms with Gasteiger partial charge in [-0.25, -0.2) is 4.79 Å². The first kappa shape index (κ1) is 23.2. The zero-order valence-corrected chi connectivity index (χ0v) is 20.6. The van der Waals surface area contributed by atoms with Crippen LogP contribution in [0.4, 0.5) is 10.5 Å². The lowest BCUT2D eigenvalue weighted by atomic mass is 9.84. The second kappa shape index (κ2) is 7.93. The van der Waals surface area contributed by atoms with Crippen molar-refractivity contribution in [3.63, 3.8) is 0 Å². The predicted octanol–water partition coefficient (Wildman–Crippen LogP) is 3.39. The maximum absolute atomic E-state index is 12.6. The lowest BCUT2D eigenvalue weighted by molar-refractivity contribution is -0.0143. The number of rotatable bonds is 5. The standard InChI is InChI=1S/C21H34BN2O5Si/c1-19(2,3)17(27-30(8)9)15-13-24(18(25)26-15)14-10-11-16(23-12-14)22-28-20(4,5)21(6,7)29-22/h10-12,15,17H,13H2,1-9H3/t15-,17?/m1/s1. The molecule has 2 aliphatic rings. The maximum Gasteiger partial charge on any atom is 0.514 e. The van der Waals surface area contributed by atoms with Crippen LogP contribution in [0.5, 0.6) is 0 Å². The number of amides is 1. The Bertz CT molecular complexity index is 763. The summed E-state index contributed by atoms with van der Waals surface area (Å²) in [5.74, 6) is 0. The Morgan fingerprint density at radius 1 is 1.20 bits per heavy atom. The Morgan fingerprint density at radius 2 is 1.80 bits per heavy atom. The van der Waals surface area contributed by atoms with Crippen LogP contribution in [0.2, 0.25) is 13.1 Å². The molecule has 7 nitrogen and oxygen atoms in total. The highest BCUT2D eigenvalue weighted by Gasteiger charge is 2.52. The van der Waals surface area contributed by atoms with E-state index in [1.54, 1.807) is 11.1 Å². The number of carbonyl (C=O) groups excluding carboxylic acids is 1. The van der Waals surface area contributed by atoms with E-state index in [1.807, 2.05) is 39.8 Å². The molecule has 2 saturated heterocycles. The van der Waals surface area contributed by atoms with Gasteiger partial charge in [0.25, 0.3) is 0 Å². The summed E-state index contributed by atoms with van der Waals surface area (Å²) in [4.78, 5) is 18.7. The number of hydrogen-bond acceptors (Lipinski definition) is 6. The van der Waals surface area contributed by atoms with E-state index in [1.165, 1.54) is 0 Å². The van der Waals surface area contributed by atoms with Crippen LogP contribution in [-0.4, -0.2) is 57.2 Å². The van der Waals surface area contributed by atoms with E-state index in [9.17, 15) is 4.79 Å². The van der Waals surface area contributed by atoms with Crippen LogP contribution in [0.25, 0.3) is 0 Å². The third-order valence-corrected chi connectivity index (χ3v) is 6.69. The summed E-state index contributed by atoms with van der Waals surface area (Å²) in [5.41, 5.74) is 0.382. The van der Waals surface area contributed by atoms with E-state index < -0.39 is 27.4 Å². The van der Waals surface area contributed by atoms with Crippen LogP contribution in [0, 0.1) is 5.41 Å². The predicted molar refractivity (Wildman–Crippen MR) is 119 cm³/mol. The van der Waals surface area contributed by atoms with Gasteiger partial charge in [-0.1, -0.05) is 20.8 Å². The van der Waals surface area contributed by atoms with Gasteiger partial charge in [0, 0.05) is 0 Å². The topological polar surface area (TPSA) is 70.1 Å². The van der Waals surface area contributed by atoms with Crippen LogP contribution < -0.4 is 10.5 Å². The molecule has 9 heteroatoms. The highest BCUT2D eigenvalue weighted by atomic mass is 28.3. The highest BCUT2D eigenvalue weighted by molar-refractivity contribution is 6.61. The fraction of sp³-hybridized carbons (Fsp3) is 0.714. The summed E-state index contributed by atoms with van der Waals surface area (Å²) in [6.07, 6.45) is 0.822. The molecule has 3 heterocycles. The number of hydrogen-bond donors (Lipinski definition) is 0. The van der Waals surface area contributed by atoms with Crippen molar-refractivity contribution in [1.29, 1.82) is 0 Å². The lowest BCUT2D eigenvalue weighted by Gasteiger charge is -2.35. The van der Waals surface area contributed by atoms with Crippen molar-refractivity contribution in [2.24, 2.45) is 5.41 Å². The van der Waals surface area contributed by atoms with Gasteiger partial charge in [0.05, 0.1) is 41.3 Å². The van der Waals surface area contributed by atoms with Gasteiger partial charge in [-0.15, -0.1) is 0 Å². The lowest BCUT2D eigenvalue weighted by Crippen LogP contribution is -2.44. The van der Waals surface area contributed by atoms with E-state index in [4.69, 9.17) is 18.5 Å². The summed E-state index contributed by atoms with van der Waals surface area (Å²) >= 11 is 0. The zero-order chi connectivity index (χ0) is 22.5. The van der Waals surface area contributed by atoms with Crippen LogP contribution >= 0.6 is 0 Å². The van der Waals surface area contributed by atoms with Crippen LogP contribution in [-0.2, 0) is 18.5 Å². The molecule has 0 saturated carbocycles. The highest BCUT2D eigenvalue weighted by Crippen LogP contribution is 2.36. The van der Waals surface area contributed by atoms with E-state index >= 15 is 0 Å². The maximum atomic E-state index is 12.6. The van der Waals surface area contributed by atoms with E-state index in [2.05, 4.69) is 38.8 Å². The Balaban J connectivity index is 1.73. The van der Waals surface area contributed by atoms with Gasteiger partial charge in [0.1, 0.15) is 6.10 Å². The first-order valence-electron chi connectivity index (χ1n) is 10.5. The van der Waals surface area contributed by atoms with Gasteiger partial charge in [0.15, 0.2) is 0 Å². The van der Waals surface area contributed by atoms with Gasteiger partial charge >= 0.3 is 13.2 Å². The van der Waals surface area contributed by atoms with E-state index in [-0.39, 0.29) is 23.7 Å². The monoisotopic (exact) mass is 433 g/mol. The van der Waals surface area contributed by atoms with E-state index in [0.29, 0.717) is 17.8 Å². The fourth-order valence-corrected chi connectivity index (χ4v) is 4.59. The van der Waals surface area contributed by atoms with E-state index in [0.717, 1.165) is 0 Å². The van der Waals surface area contributed by atoms with Crippen molar-refractivity contribution >= 4 is 33.5 Å². The van der Waals surface area contributed by atoms with Gasteiger partial charge in [-0.3, -0.25) is 9.88 Å². The average molecular weight is 433 g/mol. The Kier molecular flexibility index (Phi) is 6.14.